The van der Waals surface area contributed by atoms with Crippen molar-refractivity contribution in [3.05, 3.63) is 112 Å². The molecule has 0 aliphatic carbocycles. The number of hydrogen-bond donors (Lipinski definition) is 2. The first-order chi connectivity index (χ1) is 16.5. The maximum atomic E-state index is 13.2. The van der Waals surface area contributed by atoms with E-state index < -0.39 is 5.97 Å². The zero-order valence-corrected chi connectivity index (χ0v) is 19.2. The minimum Gasteiger partial charge on any atom is -0.487 e. The minimum atomic E-state index is -0.909. The van der Waals surface area contributed by atoms with Crippen LogP contribution in [0.3, 0.4) is 0 Å². The number of carboxylic acids is 1. The minimum absolute atomic E-state index is 0.0565. The molecule has 2 N–H and O–H groups in total. The number of rotatable bonds is 9. The molecular formula is C28H24ClNO4. The van der Waals surface area contributed by atoms with Gasteiger partial charge in [0.1, 0.15) is 12.4 Å². The van der Waals surface area contributed by atoms with Gasteiger partial charge in [0.05, 0.1) is 5.02 Å². The van der Waals surface area contributed by atoms with Gasteiger partial charge in [-0.3, -0.25) is 9.59 Å². The van der Waals surface area contributed by atoms with E-state index in [4.69, 9.17) is 21.4 Å². The highest BCUT2D eigenvalue weighted by atomic mass is 35.5. The van der Waals surface area contributed by atoms with Gasteiger partial charge in [0.25, 0.3) is 5.91 Å². The Morgan fingerprint density at radius 1 is 0.882 bits per heavy atom. The summed E-state index contributed by atoms with van der Waals surface area (Å²) in [6.07, 6.45) is 0.205. The van der Waals surface area contributed by atoms with Crippen LogP contribution < -0.4 is 10.1 Å². The molecule has 34 heavy (non-hydrogen) atoms. The lowest BCUT2D eigenvalue weighted by Crippen LogP contribution is -2.24. The molecule has 4 rings (SSSR count). The Morgan fingerprint density at radius 2 is 1.65 bits per heavy atom. The van der Waals surface area contributed by atoms with Crippen LogP contribution in [-0.4, -0.2) is 17.0 Å². The lowest BCUT2D eigenvalue weighted by atomic mass is 9.99. The molecular weight excluding hydrogens is 450 g/mol. The lowest BCUT2D eigenvalue weighted by Gasteiger charge is -2.14. The predicted molar refractivity (Wildman–Crippen MR) is 133 cm³/mol. The molecule has 0 saturated carbocycles. The summed E-state index contributed by atoms with van der Waals surface area (Å²) < 4.78 is 5.82. The van der Waals surface area contributed by atoms with Crippen molar-refractivity contribution in [2.45, 2.75) is 26.0 Å². The molecule has 6 heteroatoms. The number of para-hydroxylation sites is 1. The normalized spacial score (nSPS) is 10.7. The maximum absolute atomic E-state index is 13.2. The van der Waals surface area contributed by atoms with Crippen molar-refractivity contribution < 1.29 is 19.4 Å². The van der Waals surface area contributed by atoms with Crippen LogP contribution >= 0.6 is 11.6 Å². The lowest BCUT2D eigenvalue weighted by molar-refractivity contribution is -0.136. The molecule has 1 amide bonds. The van der Waals surface area contributed by atoms with Gasteiger partial charge in [0.15, 0.2) is 0 Å². The first kappa shape index (κ1) is 23.3. The number of aliphatic carboxylic acids is 1. The summed E-state index contributed by atoms with van der Waals surface area (Å²) in [5, 5.41) is 14.8. The number of benzene rings is 4. The highest BCUT2D eigenvalue weighted by molar-refractivity contribution is 6.32. The standard InChI is InChI=1S/C28H24ClNO4/c29-25-10-3-4-11-26(25)34-18-19-12-13-21(14-15-27(31)32)24(16-19)28(33)30-17-22-8-5-7-20-6-1-2-9-23(20)22/h1-13,16H,14-15,17-18H2,(H,30,33)(H,31,32). The maximum Gasteiger partial charge on any atom is 0.303 e. The summed E-state index contributed by atoms with van der Waals surface area (Å²) in [6, 6.07) is 26.6. The highest BCUT2D eigenvalue weighted by Gasteiger charge is 2.15. The summed E-state index contributed by atoms with van der Waals surface area (Å²) in [4.78, 5) is 24.3. The van der Waals surface area contributed by atoms with Crippen LogP contribution in [0.2, 0.25) is 5.02 Å². The first-order valence-electron chi connectivity index (χ1n) is 11.0. The second-order valence-electron chi connectivity index (χ2n) is 7.93. The molecule has 4 aromatic carbocycles. The molecule has 4 aromatic rings. The quantitative estimate of drug-likeness (QED) is 0.311. The number of halogens is 1. The monoisotopic (exact) mass is 473 g/mol. The molecule has 0 radical (unpaired) electrons. The summed E-state index contributed by atoms with van der Waals surface area (Å²) in [5.74, 6) is -0.609. The van der Waals surface area contributed by atoms with Crippen molar-refractivity contribution in [1.82, 2.24) is 5.32 Å². The largest absolute Gasteiger partial charge is 0.487 e. The number of carbonyl (C=O) groups is 2. The Balaban J connectivity index is 1.54. The van der Waals surface area contributed by atoms with Crippen LogP contribution in [0.5, 0.6) is 5.75 Å². The van der Waals surface area contributed by atoms with Gasteiger partial charge in [-0.1, -0.05) is 78.3 Å². The van der Waals surface area contributed by atoms with Gasteiger partial charge in [-0.15, -0.1) is 0 Å². The smallest absolute Gasteiger partial charge is 0.303 e. The number of fused-ring (bicyclic) bond motifs is 1. The number of hydrogen-bond acceptors (Lipinski definition) is 3. The van der Waals surface area contributed by atoms with E-state index >= 15 is 0 Å². The Labute approximate surface area is 203 Å². The van der Waals surface area contributed by atoms with E-state index in [0.717, 1.165) is 21.9 Å². The fourth-order valence-corrected chi connectivity index (χ4v) is 4.01. The van der Waals surface area contributed by atoms with Gasteiger partial charge in [-0.05, 0) is 52.1 Å². The number of amides is 1. The van der Waals surface area contributed by atoms with E-state index in [0.29, 0.717) is 28.4 Å². The molecule has 0 aliphatic rings. The Morgan fingerprint density at radius 3 is 2.47 bits per heavy atom. The number of nitrogens with one attached hydrogen (secondary N) is 1. The topological polar surface area (TPSA) is 75.6 Å². The Bertz CT molecular complexity index is 1330. The van der Waals surface area contributed by atoms with Crippen molar-refractivity contribution in [2.75, 3.05) is 0 Å². The fourth-order valence-electron chi connectivity index (χ4n) is 3.82. The van der Waals surface area contributed by atoms with Crippen LogP contribution in [0.4, 0.5) is 0 Å². The number of ether oxygens (including phenoxy) is 1. The third kappa shape index (κ3) is 5.74. The third-order valence-electron chi connectivity index (χ3n) is 5.58. The molecule has 172 valence electrons. The van der Waals surface area contributed by atoms with Gasteiger partial charge in [-0.2, -0.15) is 0 Å². The molecule has 0 heterocycles. The van der Waals surface area contributed by atoms with E-state index in [1.165, 1.54) is 0 Å². The summed E-state index contributed by atoms with van der Waals surface area (Å²) in [5.41, 5.74) is 2.92. The fraction of sp³-hybridized carbons (Fsp3) is 0.143. The van der Waals surface area contributed by atoms with Crippen LogP contribution in [-0.2, 0) is 24.4 Å². The van der Waals surface area contributed by atoms with Crippen molar-refractivity contribution in [3.63, 3.8) is 0 Å². The van der Waals surface area contributed by atoms with Crippen molar-refractivity contribution >= 4 is 34.2 Å². The van der Waals surface area contributed by atoms with Gasteiger partial charge in [-0.25, -0.2) is 0 Å². The SMILES string of the molecule is O=C(O)CCc1ccc(COc2ccccc2Cl)cc1C(=O)NCc1cccc2ccccc12. The van der Waals surface area contributed by atoms with E-state index in [1.807, 2.05) is 60.7 Å². The number of aryl methyl sites for hydroxylation is 1. The van der Waals surface area contributed by atoms with E-state index in [2.05, 4.69) is 5.32 Å². The van der Waals surface area contributed by atoms with Crippen LogP contribution in [0.15, 0.2) is 84.9 Å². The second kappa shape index (κ2) is 10.9. The molecule has 5 nitrogen and oxygen atoms in total. The van der Waals surface area contributed by atoms with Crippen molar-refractivity contribution in [2.24, 2.45) is 0 Å². The Kier molecular flexibility index (Phi) is 7.45. The summed E-state index contributed by atoms with van der Waals surface area (Å²) >= 11 is 6.16. The van der Waals surface area contributed by atoms with Gasteiger partial charge >= 0.3 is 5.97 Å². The number of carboxylic acid groups (broad SMARTS) is 1. The second-order valence-corrected chi connectivity index (χ2v) is 8.33. The van der Waals surface area contributed by atoms with Crippen LogP contribution in [0.25, 0.3) is 10.8 Å². The Hall–Kier alpha value is -3.83. The highest BCUT2D eigenvalue weighted by Crippen LogP contribution is 2.25. The molecule has 0 bridgehead atoms. The summed E-state index contributed by atoms with van der Waals surface area (Å²) in [7, 11) is 0. The van der Waals surface area contributed by atoms with Crippen LogP contribution in [0.1, 0.15) is 33.5 Å². The molecule has 0 saturated heterocycles. The molecule has 0 aromatic heterocycles. The van der Waals surface area contributed by atoms with Crippen LogP contribution in [0, 0.1) is 0 Å². The predicted octanol–water partition coefficient (Wildman–Crippen LogP) is 6.02. The van der Waals surface area contributed by atoms with E-state index in [1.54, 1.807) is 24.3 Å². The average Bonchev–Trinajstić information content (AvgIpc) is 2.85. The van der Waals surface area contributed by atoms with Gasteiger partial charge in [0.2, 0.25) is 0 Å². The first-order valence-corrected chi connectivity index (χ1v) is 11.3. The molecule has 0 spiro atoms. The van der Waals surface area contributed by atoms with E-state index in [9.17, 15) is 9.59 Å². The van der Waals surface area contributed by atoms with Gasteiger partial charge in [0, 0.05) is 18.5 Å². The molecule has 0 unspecified atom stereocenters. The third-order valence-corrected chi connectivity index (χ3v) is 5.89. The van der Waals surface area contributed by atoms with Crippen molar-refractivity contribution in [1.29, 1.82) is 0 Å². The zero-order valence-electron chi connectivity index (χ0n) is 18.5. The molecule has 0 fully saturated rings. The van der Waals surface area contributed by atoms with E-state index in [-0.39, 0.29) is 25.4 Å². The molecule has 0 atom stereocenters. The number of carbonyl (C=O) groups excluding carboxylic acids is 1. The molecule has 0 aliphatic heterocycles. The summed E-state index contributed by atoms with van der Waals surface area (Å²) in [6.45, 7) is 0.589. The average molecular weight is 474 g/mol. The van der Waals surface area contributed by atoms with Gasteiger partial charge < -0.3 is 15.2 Å². The van der Waals surface area contributed by atoms with Crippen molar-refractivity contribution in [3.8, 4) is 5.75 Å². The zero-order chi connectivity index (χ0) is 23.9.